The van der Waals surface area contributed by atoms with Crippen LogP contribution in [0, 0.1) is 11.6 Å². The highest BCUT2D eigenvalue weighted by Crippen LogP contribution is 2.30. The van der Waals surface area contributed by atoms with Crippen LogP contribution in [0.1, 0.15) is 12.6 Å². The first-order valence-electron chi connectivity index (χ1n) is 8.64. The van der Waals surface area contributed by atoms with E-state index in [1.807, 2.05) is 30.0 Å². The maximum atomic E-state index is 12.8. The zero-order chi connectivity index (χ0) is 19.7. The summed E-state index contributed by atoms with van der Waals surface area (Å²) in [6.07, 6.45) is 0. The van der Waals surface area contributed by atoms with Crippen LogP contribution in [0.15, 0.2) is 18.2 Å². The van der Waals surface area contributed by atoms with E-state index in [9.17, 15) is 4.79 Å². The average molecular weight is 429 g/mol. The SMILES string of the molecule is COc1cc(N2CCN(C(=O)Cn3[nH]c(=S)c(Cl)c3C)[C@@H](C)C2)ccc1Cl. The van der Waals surface area contributed by atoms with Crippen LogP contribution in [0.2, 0.25) is 10.0 Å². The minimum atomic E-state index is 0.0388. The summed E-state index contributed by atoms with van der Waals surface area (Å²) >= 11 is 17.4. The van der Waals surface area contributed by atoms with Crippen molar-refractivity contribution in [1.29, 1.82) is 0 Å². The predicted octanol–water partition coefficient (Wildman–Crippen LogP) is 3.91. The third-order valence-corrected chi connectivity index (χ3v) is 6.08. The molecular weight excluding hydrogens is 407 g/mol. The number of aromatic nitrogens is 2. The lowest BCUT2D eigenvalue weighted by Gasteiger charge is -2.41. The molecule has 0 bridgehead atoms. The lowest BCUT2D eigenvalue weighted by Crippen LogP contribution is -2.54. The monoisotopic (exact) mass is 428 g/mol. The van der Waals surface area contributed by atoms with Crippen LogP contribution in [0.3, 0.4) is 0 Å². The number of hydrogen-bond donors (Lipinski definition) is 1. The van der Waals surface area contributed by atoms with Crippen LogP contribution in [-0.2, 0) is 11.3 Å². The number of rotatable bonds is 4. The van der Waals surface area contributed by atoms with E-state index in [4.69, 9.17) is 40.2 Å². The van der Waals surface area contributed by atoms with Crippen molar-refractivity contribution in [2.45, 2.75) is 26.4 Å². The molecule has 0 saturated carbocycles. The molecule has 1 aliphatic rings. The number of hydrogen-bond acceptors (Lipinski definition) is 4. The Kier molecular flexibility index (Phi) is 6.03. The molecule has 2 aromatic rings. The number of methoxy groups -OCH3 is 1. The number of H-pyrrole nitrogens is 1. The summed E-state index contributed by atoms with van der Waals surface area (Å²) in [6, 6.07) is 5.80. The highest BCUT2D eigenvalue weighted by molar-refractivity contribution is 7.71. The lowest BCUT2D eigenvalue weighted by atomic mass is 10.1. The van der Waals surface area contributed by atoms with Gasteiger partial charge in [-0.25, -0.2) is 0 Å². The van der Waals surface area contributed by atoms with Crippen LogP contribution in [0.4, 0.5) is 5.69 Å². The second kappa shape index (κ2) is 8.12. The number of halogens is 2. The molecule has 1 fully saturated rings. The van der Waals surface area contributed by atoms with Crippen LogP contribution in [0.5, 0.6) is 5.75 Å². The van der Waals surface area contributed by atoms with Crippen LogP contribution < -0.4 is 9.64 Å². The van der Waals surface area contributed by atoms with Gasteiger partial charge in [0.15, 0.2) is 0 Å². The number of benzene rings is 1. The van der Waals surface area contributed by atoms with E-state index in [-0.39, 0.29) is 18.5 Å². The summed E-state index contributed by atoms with van der Waals surface area (Å²) in [5, 5.41) is 4.04. The minimum Gasteiger partial charge on any atom is -0.495 e. The van der Waals surface area contributed by atoms with Gasteiger partial charge in [0.25, 0.3) is 0 Å². The molecule has 1 N–H and O–H groups in total. The average Bonchev–Trinajstić information content (AvgIpc) is 2.88. The molecule has 3 rings (SSSR count). The number of amides is 1. The first kappa shape index (κ1) is 20.0. The Morgan fingerprint density at radius 1 is 1.37 bits per heavy atom. The number of aromatic amines is 1. The molecule has 0 radical (unpaired) electrons. The normalized spacial score (nSPS) is 17.3. The van der Waals surface area contributed by atoms with E-state index >= 15 is 0 Å². The van der Waals surface area contributed by atoms with Crippen LogP contribution >= 0.6 is 35.4 Å². The fraction of sp³-hybridized carbons (Fsp3) is 0.444. The van der Waals surface area contributed by atoms with Gasteiger partial charge in [-0.1, -0.05) is 35.4 Å². The summed E-state index contributed by atoms with van der Waals surface area (Å²) in [7, 11) is 1.60. The number of ether oxygens (including phenoxy) is 1. The van der Waals surface area contributed by atoms with Crippen LogP contribution in [0.25, 0.3) is 0 Å². The van der Waals surface area contributed by atoms with E-state index in [1.54, 1.807) is 11.8 Å². The van der Waals surface area contributed by atoms with Crippen LogP contribution in [-0.4, -0.2) is 53.4 Å². The smallest absolute Gasteiger partial charge is 0.244 e. The molecule has 146 valence electrons. The van der Waals surface area contributed by atoms with Gasteiger partial charge in [0.1, 0.15) is 16.9 Å². The molecule has 0 unspecified atom stereocenters. The molecule has 0 aliphatic carbocycles. The Bertz CT molecular complexity index is 911. The van der Waals surface area contributed by atoms with Crippen molar-refractivity contribution in [3.63, 3.8) is 0 Å². The minimum absolute atomic E-state index is 0.0388. The maximum Gasteiger partial charge on any atom is 0.244 e. The fourth-order valence-corrected chi connectivity index (χ4v) is 3.93. The first-order valence-corrected chi connectivity index (χ1v) is 9.81. The van der Waals surface area contributed by atoms with Gasteiger partial charge in [-0.05, 0) is 26.0 Å². The molecule has 1 amide bonds. The first-order chi connectivity index (χ1) is 12.8. The Morgan fingerprint density at radius 3 is 2.70 bits per heavy atom. The lowest BCUT2D eigenvalue weighted by molar-refractivity contribution is -0.134. The Labute approximate surface area is 173 Å². The molecule has 1 aliphatic heterocycles. The summed E-state index contributed by atoms with van der Waals surface area (Å²) < 4.78 is 7.46. The van der Waals surface area contributed by atoms with Gasteiger partial charge >= 0.3 is 0 Å². The molecule has 1 atom stereocenters. The highest BCUT2D eigenvalue weighted by atomic mass is 35.5. The number of carbonyl (C=O) groups is 1. The molecule has 27 heavy (non-hydrogen) atoms. The van der Waals surface area contributed by atoms with Crippen molar-refractivity contribution in [2.24, 2.45) is 0 Å². The summed E-state index contributed by atoms with van der Waals surface area (Å²) in [5.41, 5.74) is 1.81. The van der Waals surface area contributed by atoms with E-state index in [0.717, 1.165) is 24.5 Å². The van der Waals surface area contributed by atoms with Crippen molar-refractivity contribution in [2.75, 3.05) is 31.6 Å². The van der Waals surface area contributed by atoms with Crippen molar-refractivity contribution in [1.82, 2.24) is 14.7 Å². The molecule has 1 saturated heterocycles. The number of nitrogens with one attached hydrogen (secondary N) is 1. The summed E-state index contributed by atoms with van der Waals surface area (Å²) in [6.45, 7) is 6.20. The highest BCUT2D eigenvalue weighted by Gasteiger charge is 2.28. The number of carbonyl (C=O) groups excluding carboxylic acids is 1. The van der Waals surface area contributed by atoms with Gasteiger partial charge in [-0.2, -0.15) is 0 Å². The van der Waals surface area contributed by atoms with Crippen molar-refractivity contribution in [3.05, 3.63) is 38.6 Å². The zero-order valence-electron chi connectivity index (χ0n) is 15.5. The van der Waals surface area contributed by atoms with Gasteiger partial charge in [-0.15, -0.1) is 0 Å². The number of anilines is 1. The standard InChI is InChI=1S/C18H22Cl2N4O2S/c1-11-9-22(13-4-5-14(19)15(8-13)26-3)6-7-23(11)16(25)10-24-12(2)17(20)18(27)21-24/h4-5,8,11H,6-7,9-10H2,1-3H3,(H,21,27)/t11-/m0/s1. The van der Waals surface area contributed by atoms with E-state index in [2.05, 4.69) is 16.9 Å². The molecule has 6 nitrogen and oxygen atoms in total. The number of nitrogens with zero attached hydrogens (tertiary/aromatic N) is 3. The van der Waals surface area contributed by atoms with Crippen molar-refractivity contribution < 1.29 is 9.53 Å². The Balaban J connectivity index is 1.68. The third-order valence-electron chi connectivity index (χ3n) is 4.90. The van der Waals surface area contributed by atoms with Crippen molar-refractivity contribution >= 4 is 47.0 Å². The van der Waals surface area contributed by atoms with E-state index in [0.29, 0.717) is 27.0 Å². The van der Waals surface area contributed by atoms with Gasteiger partial charge in [0.05, 0.1) is 22.8 Å². The summed E-state index contributed by atoms with van der Waals surface area (Å²) in [4.78, 5) is 16.9. The predicted molar refractivity (Wildman–Crippen MR) is 111 cm³/mol. The second-order valence-corrected chi connectivity index (χ2v) is 7.82. The van der Waals surface area contributed by atoms with Gasteiger partial charge in [0, 0.05) is 37.4 Å². The quantitative estimate of drug-likeness (QED) is 0.749. The molecule has 1 aromatic carbocycles. The molecule has 1 aromatic heterocycles. The van der Waals surface area contributed by atoms with Gasteiger partial charge in [0.2, 0.25) is 5.91 Å². The fourth-order valence-electron chi connectivity index (χ4n) is 3.33. The number of piperazine rings is 1. The van der Waals surface area contributed by atoms with E-state index in [1.165, 1.54) is 0 Å². The van der Waals surface area contributed by atoms with E-state index < -0.39 is 0 Å². The second-order valence-electron chi connectivity index (χ2n) is 6.63. The van der Waals surface area contributed by atoms with Gasteiger partial charge in [-0.3, -0.25) is 14.6 Å². The van der Waals surface area contributed by atoms with Gasteiger partial charge < -0.3 is 14.5 Å². The molecule has 9 heteroatoms. The molecule has 2 heterocycles. The zero-order valence-corrected chi connectivity index (χ0v) is 17.8. The Hall–Kier alpha value is -1.70. The largest absolute Gasteiger partial charge is 0.495 e. The molecular formula is C18H22Cl2N4O2S. The summed E-state index contributed by atoms with van der Waals surface area (Å²) in [5.74, 6) is 0.687. The Morgan fingerprint density at radius 2 is 2.11 bits per heavy atom. The topological polar surface area (TPSA) is 53.5 Å². The van der Waals surface area contributed by atoms with Crippen molar-refractivity contribution in [3.8, 4) is 5.75 Å². The third kappa shape index (κ3) is 4.10. The maximum absolute atomic E-state index is 12.8. The molecule has 0 spiro atoms.